The molecule has 1 unspecified atom stereocenters. The third-order valence-electron chi connectivity index (χ3n) is 4.27. The van der Waals surface area contributed by atoms with Gasteiger partial charge in [-0.3, -0.25) is 4.79 Å². The van der Waals surface area contributed by atoms with Gasteiger partial charge in [0.05, 0.1) is 20.6 Å². The van der Waals surface area contributed by atoms with Gasteiger partial charge in [0.2, 0.25) is 5.91 Å². The highest BCUT2D eigenvalue weighted by molar-refractivity contribution is 5.79. The van der Waals surface area contributed by atoms with Crippen molar-refractivity contribution < 1.29 is 27.4 Å². The van der Waals surface area contributed by atoms with Crippen LogP contribution >= 0.6 is 0 Å². The normalized spacial score (nSPS) is 15.8. The van der Waals surface area contributed by atoms with Crippen LogP contribution in [0.2, 0.25) is 0 Å². The Labute approximate surface area is 139 Å². The van der Waals surface area contributed by atoms with Crippen molar-refractivity contribution >= 4 is 5.91 Å². The Hall–Kier alpha value is -1.92. The molecule has 1 aliphatic carbocycles. The maximum Gasteiger partial charge on any atom is 0.406 e. The molecule has 134 valence electrons. The first-order valence-corrected chi connectivity index (χ1v) is 7.82. The van der Waals surface area contributed by atoms with Gasteiger partial charge in [0.25, 0.3) is 0 Å². The second kappa shape index (κ2) is 7.32. The summed E-state index contributed by atoms with van der Waals surface area (Å²) in [5.41, 5.74) is 0.591. The predicted molar refractivity (Wildman–Crippen MR) is 83.2 cm³/mol. The molecule has 0 radical (unpaired) electrons. The van der Waals surface area contributed by atoms with Crippen LogP contribution in [0.15, 0.2) is 18.2 Å². The van der Waals surface area contributed by atoms with E-state index >= 15 is 0 Å². The van der Waals surface area contributed by atoms with Crippen LogP contribution < -0.4 is 9.47 Å². The van der Waals surface area contributed by atoms with Crippen molar-refractivity contribution in [2.75, 3.05) is 20.8 Å². The number of methoxy groups -OCH3 is 2. The molecule has 1 atom stereocenters. The number of nitrogens with zero attached hydrogens (tertiary/aromatic N) is 1. The van der Waals surface area contributed by atoms with Crippen molar-refractivity contribution in [2.24, 2.45) is 5.92 Å². The third-order valence-corrected chi connectivity index (χ3v) is 4.27. The number of hydrogen-bond donors (Lipinski definition) is 0. The Kier molecular flexibility index (Phi) is 5.62. The highest BCUT2D eigenvalue weighted by Gasteiger charge is 2.40. The Bertz CT molecular complexity index is 585. The van der Waals surface area contributed by atoms with Crippen molar-refractivity contribution in [1.29, 1.82) is 0 Å². The van der Waals surface area contributed by atoms with Gasteiger partial charge in [-0.1, -0.05) is 6.07 Å². The lowest BCUT2D eigenvalue weighted by Crippen LogP contribution is -2.46. The largest absolute Gasteiger partial charge is 0.493 e. The van der Waals surface area contributed by atoms with Crippen LogP contribution in [-0.2, 0) is 11.2 Å². The third kappa shape index (κ3) is 4.79. The molecule has 0 aromatic heterocycles. The summed E-state index contributed by atoms with van der Waals surface area (Å²) in [7, 11) is 2.96. The van der Waals surface area contributed by atoms with E-state index < -0.39 is 24.7 Å². The van der Waals surface area contributed by atoms with E-state index in [0.29, 0.717) is 17.1 Å². The van der Waals surface area contributed by atoms with Crippen LogP contribution in [0.5, 0.6) is 11.5 Å². The molecule has 1 aromatic rings. The summed E-state index contributed by atoms with van der Waals surface area (Å²) in [6.07, 6.45) is -2.76. The molecule has 7 heteroatoms. The zero-order valence-electron chi connectivity index (χ0n) is 14.0. The standard InChI is InChI=1S/C17H22F3NO3/c1-11(13-5-6-13)21(10-17(18,19)20)16(22)9-12-4-7-14(23-2)15(8-12)24-3/h4,7-8,11,13H,5-6,9-10H2,1-3H3. The van der Waals surface area contributed by atoms with Crippen LogP contribution in [0.25, 0.3) is 0 Å². The molecule has 24 heavy (non-hydrogen) atoms. The van der Waals surface area contributed by atoms with Crippen LogP contribution in [0.1, 0.15) is 25.3 Å². The molecule has 1 fully saturated rings. The van der Waals surface area contributed by atoms with Gasteiger partial charge in [0.1, 0.15) is 6.54 Å². The van der Waals surface area contributed by atoms with Gasteiger partial charge in [0.15, 0.2) is 11.5 Å². The van der Waals surface area contributed by atoms with E-state index in [0.717, 1.165) is 17.7 Å². The van der Waals surface area contributed by atoms with Gasteiger partial charge in [-0.05, 0) is 43.4 Å². The maximum absolute atomic E-state index is 12.8. The number of alkyl halides is 3. The van der Waals surface area contributed by atoms with Crippen molar-refractivity contribution in [3.8, 4) is 11.5 Å². The van der Waals surface area contributed by atoms with E-state index in [1.165, 1.54) is 14.2 Å². The summed E-state index contributed by atoms with van der Waals surface area (Å²) >= 11 is 0. The highest BCUT2D eigenvalue weighted by Crippen LogP contribution is 2.36. The molecule has 0 heterocycles. The van der Waals surface area contributed by atoms with E-state index in [4.69, 9.17) is 9.47 Å². The summed E-state index contributed by atoms with van der Waals surface area (Å²) in [5, 5.41) is 0. The van der Waals surface area contributed by atoms with Crippen LogP contribution in [-0.4, -0.2) is 43.8 Å². The topological polar surface area (TPSA) is 38.8 Å². The van der Waals surface area contributed by atoms with E-state index in [9.17, 15) is 18.0 Å². The first-order chi connectivity index (χ1) is 11.2. The molecule has 4 nitrogen and oxygen atoms in total. The van der Waals surface area contributed by atoms with E-state index in [1.807, 2.05) is 0 Å². The Balaban J connectivity index is 2.14. The van der Waals surface area contributed by atoms with Crippen molar-refractivity contribution in [3.05, 3.63) is 23.8 Å². The molecule has 0 bridgehead atoms. The molecule has 1 amide bonds. The SMILES string of the molecule is COc1ccc(CC(=O)N(CC(F)(F)F)C(C)C2CC2)cc1OC. The van der Waals surface area contributed by atoms with Crippen molar-refractivity contribution in [3.63, 3.8) is 0 Å². The Morgan fingerprint density at radius 2 is 1.88 bits per heavy atom. The summed E-state index contributed by atoms with van der Waals surface area (Å²) in [5.74, 6) is 0.591. The van der Waals surface area contributed by atoms with Crippen LogP contribution in [0, 0.1) is 5.92 Å². The minimum atomic E-state index is -4.41. The fourth-order valence-corrected chi connectivity index (χ4v) is 2.75. The molecule has 1 saturated carbocycles. The lowest BCUT2D eigenvalue weighted by Gasteiger charge is -2.30. The number of rotatable bonds is 7. The summed E-state index contributed by atoms with van der Waals surface area (Å²) in [6.45, 7) is 0.479. The minimum Gasteiger partial charge on any atom is -0.493 e. The van der Waals surface area contributed by atoms with Gasteiger partial charge in [-0.2, -0.15) is 13.2 Å². The van der Waals surface area contributed by atoms with Gasteiger partial charge >= 0.3 is 6.18 Å². The predicted octanol–water partition coefficient (Wildman–Crippen LogP) is 3.44. The fourth-order valence-electron chi connectivity index (χ4n) is 2.75. The maximum atomic E-state index is 12.8. The monoisotopic (exact) mass is 345 g/mol. The average Bonchev–Trinajstić information content (AvgIpc) is 3.35. The molecule has 0 aliphatic heterocycles. The summed E-state index contributed by atoms with van der Waals surface area (Å²) < 4.78 is 48.8. The lowest BCUT2D eigenvalue weighted by atomic mass is 10.1. The fraction of sp³-hybridized carbons (Fsp3) is 0.588. The first kappa shape index (κ1) is 18.4. The first-order valence-electron chi connectivity index (χ1n) is 7.82. The van der Waals surface area contributed by atoms with Gasteiger partial charge in [-0.25, -0.2) is 0 Å². The number of halogens is 3. The zero-order chi connectivity index (χ0) is 17.9. The summed E-state index contributed by atoms with van der Waals surface area (Å²) in [4.78, 5) is 13.4. The summed E-state index contributed by atoms with van der Waals surface area (Å²) in [6, 6.07) is 4.51. The second-order valence-electron chi connectivity index (χ2n) is 6.08. The highest BCUT2D eigenvalue weighted by atomic mass is 19.4. The minimum absolute atomic E-state index is 0.104. The van der Waals surface area contributed by atoms with E-state index in [2.05, 4.69) is 0 Å². The number of carbonyl (C=O) groups excluding carboxylic acids is 1. The molecular formula is C17H22F3NO3. The number of benzene rings is 1. The van der Waals surface area contributed by atoms with E-state index in [-0.39, 0.29) is 12.3 Å². The van der Waals surface area contributed by atoms with Crippen LogP contribution in [0.3, 0.4) is 0 Å². The molecule has 0 N–H and O–H groups in total. The van der Waals surface area contributed by atoms with Gasteiger partial charge < -0.3 is 14.4 Å². The molecule has 0 spiro atoms. The smallest absolute Gasteiger partial charge is 0.406 e. The number of carbonyl (C=O) groups is 1. The van der Waals surface area contributed by atoms with Crippen molar-refractivity contribution in [1.82, 2.24) is 4.90 Å². The van der Waals surface area contributed by atoms with Gasteiger partial charge in [0, 0.05) is 6.04 Å². The van der Waals surface area contributed by atoms with E-state index in [1.54, 1.807) is 25.1 Å². The quantitative estimate of drug-likeness (QED) is 0.760. The van der Waals surface area contributed by atoms with Crippen molar-refractivity contribution in [2.45, 2.75) is 38.4 Å². The molecule has 1 aromatic carbocycles. The molecule has 1 aliphatic rings. The Morgan fingerprint density at radius 1 is 1.25 bits per heavy atom. The molecular weight excluding hydrogens is 323 g/mol. The number of amides is 1. The number of hydrogen-bond acceptors (Lipinski definition) is 3. The van der Waals surface area contributed by atoms with Gasteiger partial charge in [-0.15, -0.1) is 0 Å². The lowest BCUT2D eigenvalue weighted by molar-refractivity contribution is -0.165. The van der Waals surface area contributed by atoms with Crippen LogP contribution in [0.4, 0.5) is 13.2 Å². The number of ether oxygens (including phenoxy) is 2. The second-order valence-corrected chi connectivity index (χ2v) is 6.08. The average molecular weight is 345 g/mol. The molecule has 2 rings (SSSR count). The zero-order valence-corrected chi connectivity index (χ0v) is 14.0. The molecule has 0 saturated heterocycles. The Morgan fingerprint density at radius 3 is 2.38 bits per heavy atom.